The molecule has 0 heterocycles. The molecule has 0 aliphatic heterocycles. The molecule has 6 atom stereocenters. The molecule has 1 aromatic rings. The van der Waals surface area contributed by atoms with Gasteiger partial charge >= 0.3 is 0 Å². The average Bonchev–Trinajstić information content (AvgIpc) is 3.25. The third-order valence-electron chi connectivity index (χ3n) is 6.95. The Morgan fingerprint density at radius 1 is 1.23 bits per heavy atom. The van der Waals surface area contributed by atoms with Crippen LogP contribution in [0.25, 0.3) is 0 Å². The molecule has 0 bridgehead atoms. The zero-order chi connectivity index (χ0) is 22.4. The molecule has 2 aliphatic carbocycles. The summed E-state index contributed by atoms with van der Waals surface area (Å²) in [5.41, 5.74) is 5.68. The van der Waals surface area contributed by atoms with Crippen molar-refractivity contribution in [2.24, 2.45) is 17.8 Å². The minimum atomic E-state index is -2.96. The molecule has 1 fully saturated rings. The van der Waals surface area contributed by atoms with E-state index in [1.807, 2.05) is 24.3 Å². The van der Waals surface area contributed by atoms with Crippen LogP contribution in [-0.2, 0) is 17.4 Å². The quantitative estimate of drug-likeness (QED) is 0.275. The number of hydrogen-bond donors (Lipinski definition) is 3. The molecule has 172 valence electrons. The summed E-state index contributed by atoms with van der Waals surface area (Å²) in [6, 6.07) is 8.30. The van der Waals surface area contributed by atoms with Gasteiger partial charge in [0.05, 0.1) is 12.2 Å². The van der Waals surface area contributed by atoms with Crippen molar-refractivity contribution in [2.75, 3.05) is 12.8 Å². The summed E-state index contributed by atoms with van der Waals surface area (Å²) < 4.78 is 25.8. The van der Waals surface area contributed by atoms with Gasteiger partial charge in [0.25, 0.3) is 0 Å². The fourth-order valence-corrected chi connectivity index (χ4v) is 5.95. The average molecular weight is 451 g/mol. The fourth-order valence-electron chi connectivity index (χ4n) is 5.18. The Morgan fingerprint density at radius 2 is 1.90 bits per heavy atom. The maximum absolute atomic E-state index is 14.6. The first-order valence-electron chi connectivity index (χ1n) is 11.5. The number of allylic oxidation sites excluding steroid dienone is 1. The van der Waals surface area contributed by atoms with E-state index in [0.717, 1.165) is 12.8 Å². The lowest BCUT2D eigenvalue weighted by atomic mass is 9.84. The van der Waals surface area contributed by atoms with Crippen LogP contribution in [0.2, 0.25) is 0 Å². The van der Waals surface area contributed by atoms with Crippen molar-refractivity contribution < 1.29 is 24.1 Å². The van der Waals surface area contributed by atoms with E-state index in [0.29, 0.717) is 38.3 Å². The molecule has 0 radical (unpaired) electrons. The number of hydrogen-bond acceptors (Lipinski definition) is 3. The fraction of sp³-hybridized carbons (Fsp3) is 0.640. The van der Waals surface area contributed by atoms with Gasteiger partial charge in [-0.1, -0.05) is 24.3 Å². The van der Waals surface area contributed by atoms with Crippen molar-refractivity contribution in [3.05, 3.63) is 53.3 Å². The van der Waals surface area contributed by atoms with E-state index in [9.17, 15) is 24.1 Å². The predicted molar refractivity (Wildman–Crippen MR) is 122 cm³/mol. The van der Waals surface area contributed by atoms with Gasteiger partial charge in [-0.2, -0.15) is 0 Å². The predicted octanol–water partition coefficient (Wildman–Crippen LogP) is 4.66. The van der Waals surface area contributed by atoms with Crippen molar-refractivity contribution in [3.8, 4) is 0 Å². The smallest absolute Gasteiger partial charge is 0.197 e. The second-order valence-corrected chi connectivity index (χ2v) is 12.0. The first-order chi connectivity index (χ1) is 14.7. The Morgan fingerprint density at radius 3 is 2.55 bits per heavy atom. The van der Waals surface area contributed by atoms with Crippen LogP contribution in [0.1, 0.15) is 49.7 Å². The van der Waals surface area contributed by atoms with Crippen molar-refractivity contribution in [1.29, 1.82) is 0 Å². The Labute approximate surface area is 185 Å². The Kier molecular flexibility index (Phi) is 8.73. The minimum absolute atomic E-state index is 0.155. The van der Waals surface area contributed by atoms with Gasteiger partial charge in [0.15, 0.2) is 7.37 Å². The highest BCUT2D eigenvalue weighted by Crippen LogP contribution is 2.41. The van der Waals surface area contributed by atoms with Crippen molar-refractivity contribution in [1.82, 2.24) is 0 Å². The summed E-state index contributed by atoms with van der Waals surface area (Å²) in [5.74, 6) is -0.204. The molecule has 1 saturated carbocycles. The van der Waals surface area contributed by atoms with Gasteiger partial charge in [-0.15, -0.1) is 5.73 Å². The van der Waals surface area contributed by atoms with Crippen LogP contribution in [0, 0.1) is 17.8 Å². The number of fused-ring (bicyclic) bond motifs is 1. The van der Waals surface area contributed by atoms with Gasteiger partial charge in [0, 0.05) is 19.2 Å². The molecule has 0 spiro atoms. The van der Waals surface area contributed by atoms with Crippen molar-refractivity contribution in [2.45, 2.75) is 69.7 Å². The molecular formula is C25H36FO4P. The van der Waals surface area contributed by atoms with Gasteiger partial charge in [0.2, 0.25) is 0 Å². The maximum atomic E-state index is 14.6. The first kappa shape index (κ1) is 24.4. The van der Waals surface area contributed by atoms with Crippen molar-refractivity contribution >= 4 is 7.37 Å². The van der Waals surface area contributed by atoms with Gasteiger partial charge in [0.1, 0.15) is 6.17 Å². The first-order valence-corrected chi connectivity index (χ1v) is 13.8. The largest absolute Gasteiger partial charge is 0.393 e. The molecule has 4 nitrogen and oxygen atoms in total. The second-order valence-electron chi connectivity index (χ2n) is 9.46. The molecular weight excluding hydrogens is 414 g/mol. The van der Waals surface area contributed by atoms with E-state index < -0.39 is 25.7 Å². The van der Waals surface area contributed by atoms with Crippen molar-refractivity contribution in [3.63, 3.8) is 0 Å². The second kappa shape index (κ2) is 11.1. The summed E-state index contributed by atoms with van der Waals surface area (Å²) in [7, 11) is -2.96. The van der Waals surface area contributed by atoms with E-state index in [2.05, 4.69) is 17.9 Å². The highest BCUT2D eigenvalue weighted by atomic mass is 31.2. The topological polar surface area (TPSA) is 77.8 Å². The maximum Gasteiger partial charge on any atom is 0.197 e. The zero-order valence-electron chi connectivity index (χ0n) is 18.4. The Hall–Kier alpha value is -1.22. The third-order valence-corrected chi connectivity index (χ3v) is 8.09. The highest BCUT2D eigenvalue weighted by Gasteiger charge is 2.42. The Balaban J connectivity index is 1.47. The molecule has 0 aromatic heterocycles. The SMILES string of the molecule is CP(=O)(O)CCCC=C=CC[C@@H]1[C@@H](CC[C@H](O)C2Cc3ccccc3C2)[C@@H](F)C[C@@H]1O. The van der Waals surface area contributed by atoms with Crippen LogP contribution in [-0.4, -0.2) is 46.3 Å². The molecule has 2 aliphatic rings. The molecule has 0 saturated heterocycles. The highest BCUT2D eigenvalue weighted by molar-refractivity contribution is 7.57. The van der Waals surface area contributed by atoms with E-state index in [4.69, 9.17) is 0 Å². The van der Waals surface area contributed by atoms with Crippen LogP contribution < -0.4 is 0 Å². The van der Waals surface area contributed by atoms with Gasteiger partial charge in [-0.3, -0.25) is 4.57 Å². The number of aliphatic hydroxyl groups is 2. The molecule has 3 rings (SSSR count). The van der Waals surface area contributed by atoms with Crippen LogP contribution in [0.3, 0.4) is 0 Å². The van der Waals surface area contributed by atoms with E-state index in [-0.39, 0.29) is 24.2 Å². The number of rotatable bonds is 10. The van der Waals surface area contributed by atoms with Crippen LogP contribution in [0.4, 0.5) is 4.39 Å². The summed E-state index contributed by atoms with van der Waals surface area (Å²) in [6.45, 7) is 1.37. The standard InChI is InChI=1S/C25H36FO4P/c1-31(29,30)14-8-4-2-3-5-11-22-21(23(26)17-25(22)28)12-13-24(27)20-15-18-9-6-7-10-19(18)16-20/h2,5-7,9-10,20-25,27-28H,4,8,11-17H2,1H3,(H,29,30)/t3?,21-,22-,23+,24+,25+/m1/s1. The minimum Gasteiger partial charge on any atom is -0.393 e. The lowest BCUT2D eigenvalue weighted by Crippen LogP contribution is -2.25. The number of unbranched alkanes of at least 4 members (excludes halogenated alkanes) is 1. The number of halogens is 1. The molecule has 6 heteroatoms. The molecule has 1 aromatic carbocycles. The molecule has 1 unspecified atom stereocenters. The molecule has 31 heavy (non-hydrogen) atoms. The number of benzene rings is 1. The summed E-state index contributed by atoms with van der Waals surface area (Å²) >= 11 is 0. The lowest BCUT2D eigenvalue weighted by Gasteiger charge is -2.24. The van der Waals surface area contributed by atoms with Gasteiger partial charge < -0.3 is 15.1 Å². The normalized spacial score (nSPS) is 28.5. The Bertz CT molecular complexity index is 804. The van der Waals surface area contributed by atoms with Gasteiger partial charge in [-0.25, -0.2) is 4.39 Å². The van der Waals surface area contributed by atoms with E-state index in [1.165, 1.54) is 17.8 Å². The van der Waals surface area contributed by atoms with Gasteiger partial charge in [-0.05, 0) is 86.0 Å². The zero-order valence-corrected chi connectivity index (χ0v) is 19.3. The number of alkyl halides is 1. The van der Waals surface area contributed by atoms with E-state index in [1.54, 1.807) is 0 Å². The summed E-state index contributed by atoms with van der Waals surface area (Å²) in [4.78, 5) is 9.28. The van der Waals surface area contributed by atoms with Crippen LogP contribution >= 0.6 is 7.37 Å². The van der Waals surface area contributed by atoms with Crippen LogP contribution in [0.15, 0.2) is 42.1 Å². The van der Waals surface area contributed by atoms with E-state index >= 15 is 0 Å². The summed E-state index contributed by atoms with van der Waals surface area (Å²) in [5, 5.41) is 21.1. The molecule has 3 N–H and O–H groups in total. The monoisotopic (exact) mass is 450 g/mol. The summed E-state index contributed by atoms with van der Waals surface area (Å²) in [6.07, 6.45) is 6.76. The molecule has 0 amide bonds. The third kappa shape index (κ3) is 7.14. The number of aliphatic hydroxyl groups excluding tert-OH is 2. The lowest BCUT2D eigenvalue weighted by molar-refractivity contribution is 0.0787. The van der Waals surface area contributed by atoms with Crippen LogP contribution in [0.5, 0.6) is 0 Å².